The van der Waals surface area contributed by atoms with Crippen molar-refractivity contribution in [2.24, 2.45) is 0 Å². The second-order valence-electron chi connectivity index (χ2n) is 6.17. The fourth-order valence-electron chi connectivity index (χ4n) is 3.84. The monoisotopic (exact) mass is 422 g/mol. The van der Waals surface area contributed by atoms with E-state index in [1.54, 1.807) is 20.0 Å². The van der Waals surface area contributed by atoms with E-state index in [2.05, 4.69) is 60.7 Å². The predicted molar refractivity (Wildman–Crippen MR) is 99.1 cm³/mol. The van der Waals surface area contributed by atoms with Gasteiger partial charge in [0.05, 0.1) is 0 Å². The van der Waals surface area contributed by atoms with Crippen LogP contribution in [0.1, 0.15) is 37.7 Å². The van der Waals surface area contributed by atoms with E-state index < -0.39 is 23.2 Å². The van der Waals surface area contributed by atoms with Crippen LogP contribution in [-0.4, -0.2) is 0 Å². The largest absolute Gasteiger partial charge is 0.147 e. The quantitative estimate of drug-likeness (QED) is 0.551. The van der Waals surface area contributed by atoms with Gasteiger partial charge in [-0.15, -0.1) is 24.8 Å². The summed E-state index contributed by atoms with van der Waals surface area (Å²) in [5, 5.41) is 0. The van der Waals surface area contributed by atoms with Crippen LogP contribution in [0.3, 0.4) is 0 Å². The third-order valence-corrected chi connectivity index (χ3v) is 9.41. The van der Waals surface area contributed by atoms with Crippen molar-refractivity contribution in [1.29, 1.82) is 0 Å². The van der Waals surface area contributed by atoms with Gasteiger partial charge in [0, 0.05) is 0 Å². The minimum Gasteiger partial charge on any atom is -0.147 e. The molecular weight excluding hydrogens is 402 g/mol. The van der Waals surface area contributed by atoms with Gasteiger partial charge in [0.1, 0.15) is 0 Å². The van der Waals surface area contributed by atoms with Crippen molar-refractivity contribution in [2.75, 3.05) is 0 Å². The Morgan fingerprint density at radius 1 is 0.957 bits per heavy atom. The Morgan fingerprint density at radius 3 is 2.48 bits per heavy atom. The Hall–Kier alpha value is -0.357. The van der Waals surface area contributed by atoms with Gasteiger partial charge in [-0.05, 0) is 0 Å². The molecule has 0 saturated heterocycles. The van der Waals surface area contributed by atoms with Crippen molar-refractivity contribution in [1.82, 2.24) is 0 Å². The predicted octanol–water partition coefficient (Wildman–Crippen LogP) is 6.09. The van der Waals surface area contributed by atoms with Crippen molar-refractivity contribution in [2.45, 2.75) is 35.2 Å². The molecule has 0 spiro atoms. The molecule has 0 aliphatic heterocycles. The Morgan fingerprint density at radius 2 is 1.74 bits per heavy atom. The van der Waals surface area contributed by atoms with Crippen molar-refractivity contribution >= 4 is 24.8 Å². The smallest absolute Gasteiger partial charge is 0.147 e. The molecule has 0 nitrogen and oxygen atoms in total. The van der Waals surface area contributed by atoms with E-state index in [1.165, 1.54) is 32.1 Å². The van der Waals surface area contributed by atoms with Gasteiger partial charge >= 0.3 is 139 Å². The molecule has 3 heteroatoms. The van der Waals surface area contributed by atoms with E-state index >= 15 is 0 Å². The molecule has 0 fully saturated rings. The molecule has 0 radical (unpaired) electrons. The maximum absolute atomic E-state index is 2.57. The number of benzene rings is 1. The molecule has 0 heterocycles. The summed E-state index contributed by atoms with van der Waals surface area (Å²) in [7, 11) is 0. The summed E-state index contributed by atoms with van der Waals surface area (Å²) in [5.41, 5.74) is 4.99. The Bertz CT molecular complexity index is 670. The van der Waals surface area contributed by atoms with Crippen LogP contribution < -0.4 is 0 Å². The molecule has 1 aromatic rings. The van der Waals surface area contributed by atoms with Gasteiger partial charge in [-0.3, -0.25) is 0 Å². The number of allylic oxidation sites excluding steroid dienone is 8. The number of halogens is 2. The fourth-order valence-corrected chi connectivity index (χ4v) is 8.32. The maximum atomic E-state index is 2.57. The van der Waals surface area contributed by atoms with Crippen LogP contribution in [0.4, 0.5) is 0 Å². The van der Waals surface area contributed by atoms with Gasteiger partial charge in [-0.1, -0.05) is 0 Å². The summed E-state index contributed by atoms with van der Waals surface area (Å²) < 4.78 is 2.05. The van der Waals surface area contributed by atoms with Crippen LogP contribution >= 0.6 is 24.8 Å². The van der Waals surface area contributed by atoms with Crippen molar-refractivity contribution in [3.63, 3.8) is 0 Å². The van der Waals surface area contributed by atoms with Gasteiger partial charge in [0.2, 0.25) is 0 Å². The van der Waals surface area contributed by atoms with E-state index in [1.807, 2.05) is 0 Å². The number of hydrogen-bond donors (Lipinski definition) is 0. The molecule has 23 heavy (non-hydrogen) atoms. The van der Waals surface area contributed by atoms with Gasteiger partial charge in [-0.25, -0.2) is 0 Å². The Balaban J connectivity index is 0.000000960. The molecule has 0 amide bonds. The van der Waals surface area contributed by atoms with Crippen LogP contribution in [0.25, 0.3) is 0 Å². The average Bonchev–Trinajstić information content (AvgIpc) is 3.18. The third kappa shape index (κ3) is 3.53. The molecule has 1 aromatic carbocycles. The molecule has 120 valence electrons. The molecule has 1 unspecified atom stereocenters. The average molecular weight is 425 g/mol. The molecule has 0 aromatic heterocycles. The summed E-state index contributed by atoms with van der Waals surface area (Å²) in [6, 6.07) is 11.3. The van der Waals surface area contributed by atoms with Crippen LogP contribution in [0, 0.1) is 0 Å². The third-order valence-electron chi connectivity index (χ3n) is 4.88. The second kappa shape index (κ2) is 8.15. The van der Waals surface area contributed by atoms with Gasteiger partial charge in [-0.2, -0.15) is 0 Å². The van der Waals surface area contributed by atoms with Gasteiger partial charge in [0.15, 0.2) is 0 Å². The van der Waals surface area contributed by atoms with Crippen LogP contribution in [-0.2, 0) is 26.4 Å². The van der Waals surface area contributed by atoms with E-state index in [0.29, 0.717) is 3.12 Å². The first-order valence-corrected chi connectivity index (χ1v) is 10.5. The minimum absolute atomic E-state index is 0. The zero-order valence-electron chi connectivity index (χ0n) is 13.1. The van der Waals surface area contributed by atoms with Gasteiger partial charge in [0.25, 0.3) is 0 Å². The van der Waals surface area contributed by atoms with Gasteiger partial charge < -0.3 is 0 Å². The zero-order chi connectivity index (χ0) is 14.1. The van der Waals surface area contributed by atoms with E-state index in [0.717, 1.165) is 0 Å². The minimum atomic E-state index is -0.690. The Kier molecular flexibility index (Phi) is 6.72. The normalized spacial score (nSPS) is 24.6. The molecule has 0 saturated carbocycles. The Labute approximate surface area is 163 Å². The molecule has 4 rings (SSSR count). The summed E-state index contributed by atoms with van der Waals surface area (Å²) in [4.78, 5) is 0. The molecule has 0 bridgehead atoms. The molecule has 0 N–H and O–H groups in total. The zero-order valence-corrected chi connectivity index (χ0v) is 17.2. The molecular formula is C20H22Cl2Zr. The SMILES string of the molecule is C1=CC[C]([Zr][C]2(c3ccccc3)C=CC3=C2CCCC3)=C1.Cl.Cl. The van der Waals surface area contributed by atoms with Crippen molar-refractivity contribution in [3.8, 4) is 0 Å². The first-order chi connectivity index (χ1) is 10.4. The van der Waals surface area contributed by atoms with Crippen molar-refractivity contribution < 1.29 is 23.2 Å². The molecule has 1 atom stereocenters. The second-order valence-corrected chi connectivity index (χ2v) is 10.3. The summed E-state index contributed by atoms with van der Waals surface area (Å²) in [5.74, 6) is 0. The van der Waals surface area contributed by atoms with Crippen LogP contribution in [0.15, 0.2) is 75.1 Å². The van der Waals surface area contributed by atoms with Crippen LogP contribution in [0.5, 0.6) is 0 Å². The summed E-state index contributed by atoms with van der Waals surface area (Å²) in [6.45, 7) is 0. The number of rotatable bonds is 3. The first-order valence-electron chi connectivity index (χ1n) is 8.00. The molecule has 3 aliphatic carbocycles. The van der Waals surface area contributed by atoms with E-state index in [9.17, 15) is 0 Å². The summed E-state index contributed by atoms with van der Waals surface area (Å²) in [6.07, 6.45) is 18.6. The maximum Gasteiger partial charge on any atom is -0.147 e. The van der Waals surface area contributed by atoms with Crippen molar-refractivity contribution in [3.05, 3.63) is 80.7 Å². The van der Waals surface area contributed by atoms with E-state index in [4.69, 9.17) is 0 Å². The van der Waals surface area contributed by atoms with E-state index in [-0.39, 0.29) is 24.8 Å². The summed E-state index contributed by atoms with van der Waals surface area (Å²) >= 11 is -0.690. The van der Waals surface area contributed by atoms with Crippen LogP contribution in [0.2, 0.25) is 0 Å². The molecule has 3 aliphatic rings. The fraction of sp³-hybridized carbons (Fsp3) is 0.300. The standard InChI is InChI=1S/C15H15.C5H5.2ClH.Zr/c1-2-6-12(7-3-1)15-11-10-13-8-4-5-9-14(13)15;1-2-4-5-3-1;;;/h1-3,6-7,10-11H,4-5,8-9H2;1-3H,4H2;2*1H;. The topological polar surface area (TPSA) is 0 Å². The number of hydrogen-bond acceptors (Lipinski definition) is 0. The first kappa shape index (κ1) is 19.0.